The number of imidazole rings is 1. The second-order valence-corrected chi connectivity index (χ2v) is 8.80. The molecule has 4 rings (SSSR count). The van der Waals surface area contributed by atoms with E-state index in [-0.39, 0.29) is 11.8 Å². The van der Waals surface area contributed by atoms with E-state index in [0.717, 1.165) is 61.4 Å². The van der Waals surface area contributed by atoms with Crippen LogP contribution in [0.3, 0.4) is 0 Å². The summed E-state index contributed by atoms with van der Waals surface area (Å²) in [5, 5.41) is 2.98. The summed E-state index contributed by atoms with van der Waals surface area (Å²) >= 11 is 0. The van der Waals surface area contributed by atoms with E-state index in [0.29, 0.717) is 25.1 Å². The van der Waals surface area contributed by atoms with Crippen molar-refractivity contribution in [2.75, 3.05) is 26.7 Å². The number of methoxy groups -OCH3 is 1. The van der Waals surface area contributed by atoms with Crippen molar-refractivity contribution in [2.45, 2.75) is 51.5 Å². The van der Waals surface area contributed by atoms with Crippen molar-refractivity contribution in [3.63, 3.8) is 0 Å². The fourth-order valence-electron chi connectivity index (χ4n) is 4.54. The highest BCUT2D eigenvalue weighted by molar-refractivity contribution is 5.94. The second-order valence-electron chi connectivity index (χ2n) is 8.80. The molecule has 0 unspecified atom stereocenters. The van der Waals surface area contributed by atoms with Crippen LogP contribution in [0.25, 0.3) is 11.0 Å². The molecular formula is C27H34N4O3. The average molecular weight is 463 g/mol. The van der Waals surface area contributed by atoms with Gasteiger partial charge in [0.05, 0.1) is 18.1 Å². The smallest absolute Gasteiger partial charge is 0.251 e. The quantitative estimate of drug-likeness (QED) is 0.484. The van der Waals surface area contributed by atoms with Gasteiger partial charge in [-0.05, 0) is 55.7 Å². The maximum Gasteiger partial charge on any atom is 0.251 e. The molecule has 0 spiro atoms. The molecule has 34 heavy (non-hydrogen) atoms. The predicted molar refractivity (Wildman–Crippen MR) is 133 cm³/mol. The molecular weight excluding hydrogens is 428 g/mol. The minimum atomic E-state index is -0.0980. The number of carbonyl (C=O) groups is 2. The van der Waals surface area contributed by atoms with Gasteiger partial charge in [-0.3, -0.25) is 9.59 Å². The Morgan fingerprint density at radius 3 is 2.47 bits per heavy atom. The Morgan fingerprint density at radius 1 is 1.00 bits per heavy atom. The molecule has 180 valence electrons. The minimum absolute atomic E-state index is 0.0980. The summed E-state index contributed by atoms with van der Waals surface area (Å²) in [4.78, 5) is 32.1. The Balaban J connectivity index is 1.34. The van der Waals surface area contributed by atoms with Crippen LogP contribution in [-0.4, -0.2) is 53.0 Å². The van der Waals surface area contributed by atoms with Crippen molar-refractivity contribution in [2.24, 2.45) is 0 Å². The normalized spacial score (nSPS) is 14.1. The molecule has 7 nitrogen and oxygen atoms in total. The summed E-state index contributed by atoms with van der Waals surface area (Å²) in [5.74, 6) is 1.82. The van der Waals surface area contributed by atoms with Crippen molar-refractivity contribution >= 4 is 22.8 Å². The summed E-state index contributed by atoms with van der Waals surface area (Å²) in [5.41, 5.74) is 2.62. The van der Waals surface area contributed by atoms with Crippen LogP contribution in [-0.2, 0) is 17.8 Å². The second kappa shape index (κ2) is 11.7. The van der Waals surface area contributed by atoms with Crippen LogP contribution in [0.2, 0.25) is 0 Å². The van der Waals surface area contributed by atoms with Crippen LogP contribution >= 0.6 is 0 Å². The number of hydrogen-bond donors (Lipinski definition) is 1. The lowest BCUT2D eigenvalue weighted by molar-refractivity contribution is -0.131. The van der Waals surface area contributed by atoms with E-state index in [1.165, 1.54) is 12.8 Å². The monoisotopic (exact) mass is 462 g/mol. The van der Waals surface area contributed by atoms with Crippen molar-refractivity contribution in [3.05, 3.63) is 59.9 Å². The molecule has 0 bridgehead atoms. The standard InChI is InChI=1S/C27H34N4O3/c1-34-22-14-12-21(13-15-22)27(33)28-17-8-11-25-29-23-9-4-5-10-24(23)31(25)20-16-26(32)30-18-6-2-3-7-19-30/h4-5,9-10,12-15H,2-3,6-8,11,16-20H2,1H3,(H,28,33). The SMILES string of the molecule is COc1ccc(C(=O)NCCCc2nc3ccccc3n2CCC(=O)N2CCCCCC2)cc1. The van der Waals surface area contributed by atoms with Crippen LogP contribution in [0.1, 0.15) is 54.7 Å². The number of fused-ring (bicyclic) bond motifs is 1. The van der Waals surface area contributed by atoms with Crippen molar-refractivity contribution < 1.29 is 14.3 Å². The molecule has 1 aromatic heterocycles. The number of likely N-dealkylation sites (tertiary alicyclic amines) is 1. The molecule has 1 aliphatic rings. The molecule has 1 fully saturated rings. The number of ether oxygens (including phenoxy) is 1. The Labute approximate surface area is 201 Å². The van der Waals surface area contributed by atoms with Gasteiger partial charge in [0, 0.05) is 44.6 Å². The van der Waals surface area contributed by atoms with Crippen molar-refractivity contribution in [3.8, 4) is 5.75 Å². The molecule has 2 heterocycles. The van der Waals surface area contributed by atoms with Gasteiger partial charge in [-0.15, -0.1) is 0 Å². The lowest BCUT2D eigenvalue weighted by atomic mass is 10.2. The Bertz CT molecular complexity index is 1100. The van der Waals surface area contributed by atoms with Gasteiger partial charge in [0.25, 0.3) is 5.91 Å². The van der Waals surface area contributed by atoms with Gasteiger partial charge in [-0.25, -0.2) is 4.98 Å². The highest BCUT2D eigenvalue weighted by Gasteiger charge is 2.17. The Hall–Kier alpha value is -3.35. The summed E-state index contributed by atoms with van der Waals surface area (Å²) in [6, 6.07) is 15.2. The molecule has 2 aromatic carbocycles. The zero-order chi connectivity index (χ0) is 23.8. The number of nitrogens with one attached hydrogen (secondary N) is 1. The first-order valence-electron chi connectivity index (χ1n) is 12.3. The van der Waals surface area contributed by atoms with Gasteiger partial charge >= 0.3 is 0 Å². The highest BCUT2D eigenvalue weighted by atomic mass is 16.5. The van der Waals surface area contributed by atoms with Crippen molar-refractivity contribution in [1.29, 1.82) is 0 Å². The van der Waals surface area contributed by atoms with Crippen LogP contribution in [0, 0.1) is 0 Å². The first kappa shape index (κ1) is 23.8. The van der Waals surface area contributed by atoms with E-state index < -0.39 is 0 Å². The van der Waals surface area contributed by atoms with Crippen molar-refractivity contribution in [1.82, 2.24) is 19.8 Å². The predicted octanol–water partition coefficient (Wildman–Crippen LogP) is 4.20. The number of rotatable bonds is 9. The van der Waals surface area contributed by atoms with E-state index in [1.54, 1.807) is 31.4 Å². The first-order chi connectivity index (χ1) is 16.7. The summed E-state index contributed by atoms with van der Waals surface area (Å²) in [7, 11) is 1.60. The number of carbonyl (C=O) groups excluding carboxylic acids is 2. The number of hydrogen-bond acceptors (Lipinski definition) is 4. The Kier molecular flexibility index (Phi) is 8.17. The highest BCUT2D eigenvalue weighted by Crippen LogP contribution is 2.19. The molecule has 1 saturated heterocycles. The van der Waals surface area contributed by atoms with Gasteiger partial charge in [-0.1, -0.05) is 25.0 Å². The van der Waals surface area contributed by atoms with Crippen LogP contribution < -0.4 is 10.1 Å². The van der Waals surface area contributed by atoms with Crippen LogP contribution in [0.15, 0.2) is 48.5 Å². The third-order valence-electron chi connectivity index (χ3n) is 6.46. The molecule has 0 atom stereocenters. The number of aryl methyl sites for hydroxylation is 2. The van der Waals surface area contributed by atoms with Gasteiger partial charge in [0.15, 0.2) is 0 Å². The van der Waals surface area contributed by atoms with E-state index >= 15 is 0 Å². The molecule has 2 amide bonds. The average Bonchev–Trinajstić information content (AvgIpc) is 3.02. The third-order valence-corrected chi connectivity index (χ3v) is 6.46. The number of benzene rings is 2. The van der Waals surface area contributed by atoms with Gasteiger partial charge in [-0.2, -0.15) is 0 Å². The molecule has 3 aromatic rings. The minimum Gasteiger partial charge on any atom is -0.497 e. The molecule has 1 aliphatic heterocycles. The maximum atomic E-state index is 12.8. The molecule has 0 aliphatic carbocycles. The Morgan fingerprint density at radius 2 is 1.74 bits per heavy atom. The lowest BCUT2D eigenvalue weighted by Gasteiger charge is -2.20. The first-order valence-corrected chi connectivity index (χ1v) is 12.3. The van der Waals surface area contributed by atoms with E-state index in [1.807, 2.05) is 23.1 Å². The third kappa shape index (κ3) is 5.95. The topological polar surface area (TPSA) is 76.5 Å². The van der Waals surface area contributed by atoms with Gasteiger partial charge in [0.1, 0.15) is 11.6 Å². The van der Waals surface area contributed by atoms with Crippen LogP contribution in [0.4, 0.5) is 0 Å². The fourth-order valence-corrected chi connectivity index (χ4v) is 4.54. The maximum absolute atomic E-state index is 12.8. The largest absolute Gasteiger partial charge is 0.497 e. The molecule has 7 heteroatoms. The molecule has 0 saturated carbocycles. The number of para-hydroxylation sites is 2. The molecule has 0 radical (unpaired) electrons. The summed E-state index contributed by atoms with van der Waals surface area (Å²) in [6.07, 6.45) is 6.63. The zero-order valence-corrected chi connectivity index (χ0v) is 20.0. The number of aromatic nitrogens is 2. The summed E-state index contributed by atoms with van der Waals surface area (Å²) < 4.78 is 7.32. The molecule has 1 N–H and O–H groups in total. The number of nitrogens with zero attached hydrogens (tertiary/aromatic N) is 3. The summed E-state index contributed by atoms with van der Waals surface area (Å²) in [6.45, 7) is 2.94. The van der Waals surface area contributed by atoms with Gasteiger partial charge < -0.3 is 19.5 Å². The zero-order valence-electron chi connectivity index (χ0n) is 20.0. The lowest BCUT2D eigenvalue weighted by Crippen LogP contribution is -2.32. The van der Waals surface area contributed by atoms with Crippen LogP contribution in [0.5, 0.6) is 5.75 Å². The fraction of sp³-hybridized carbons (Fsp3) is 0.444. The van der Waals surface area contributed by atoms with E-state index in [4.69, 9.17) is 9.72 Å². The van der Waals surface area contributed by atoms with E-state index in [9.17, 15) is 9.59 Å². The number of amides is 2. The van der Waals surface area contributed by atoms with E-state index in [2.05, 4.69) is 16.0 Å². The van der Waals surface area contributed by atoms with Gasteiger partial charge in [0.2, 0.25) is 5.91 Å².